The molecule has 0 saturated heterocycles. The Morgan fingerprint density at radius 3 is 1.64 bits per heavy atom. The summed E-state index contributed by atoms with van der Waals surface area (Å²) in [6.45, 7) is 0. The molecule has 0 spiro atoms. The normalized spacial score (nSPS) is 15.6. The maximum absolute atomic E-state index is 9.15. The predicted molar refractivity (Wildman–Crippen MR) is 196 cm³/mol. The van der Waals surface area contributed by atoms with Crippen molar-refractivity contribution in [2.75, 3.05) is 0 Å². The van der Waals surface area contributed by atoms with E-state index in [-0.39, 0.29) is 31.7 Å². The average Bonchev–Trinajstić information content (AvgIpc) is 3.66. The molecule has 7 aromatic carbocycles. The van der Waals surface area contributed by atoms with Crippen molar-refractivity contribution in [1.29, 1.82) is 0 Å². The van der Waals surface area contributed by atoms with E-state index in [1.165, 1.54) is 0 Å². The van der Waals surface area contributed by atoms with Crippen LogP contribution >= 0.6 is 0 Å². The molecule has 0 unspecified atom stereocenters. The van der Waals surface area contributed by atoms with Gasteiger partial charge < -0.3 is 0 Å². The van der Waals surface area contributed by atoms with E-state index in [0.29, 0.717) is 5.56 Å². The fourth-order valence-electron chi connectivity index (χ4n) is 5.59. The van der Waals surface area contributed by atoms with Crippen molar-refractivity contribution in [1.82, 2.24) is 15.0 Å². The van der Waals surface area contributed by atoms with Crippen LogP contribution in [0.2, 0.25) is 0 Å². The molecule has 0 bridgehead atoms. The van der Waals surface area contributed by atoms with Crippen LogP contribution in [0.25, 0.3) is 86.5 Å². The summed E-state index contributed by atoms with van der Waals surface area (Å²) in [5.74, 6) is -0.799. The van der Waals surface area contributed by atoms with Gasteiger partial charge in [-0.3, -0.25) is 0 Å². The molecular formula is C43H27N3Se. The van der Waals surface area contributed by atoms with E-state index < -0.39 is 107 Å². The predicted octanol–water partition coefficient (Wildman–Crippen LogP) is 10.7. The molecule has 2 aromatic heterocycles. The Bertz CT molecular complexity index is 3300. The van der Waals surface area contributed by atoms with Crippen LogP contribution in [0.15, 0.2) is 163 Å². The standard InChI is InChI=1S/C43H27N3Se/c1-3-11-28(12-4-1)30-21-24-32(25-22-30)42-44-41(31-14-5-2-6-15-31)45-43(46-42)38-20-10-19-37-36-18-9-17-35(39(36)47-40(37)38)34-26-23-29-13-7-8-16-33(29)27-34/h1-27H/i1D,2D,3D,4D,5D,6D,11D,12D,14D,15D,21D,22D,24D,25D. The van der Waals surface area contributed by atoms with Crippen LogP contribution in [-0.2, 0) is 0 Å². The zero-order chi connectivity index (χ0) is 43.3. The van der Waals surface area contributed by atoms with Gasteiger partial charge in [0.1, 0.15) is 0 Å². The van der Waals surface area contributed by atoms with Gasteiger partial charge in [-0.1, -0.05) is 6.04 Å². The summed E-state index contributed by atoms with van der Waals surface area (Å²) in [5.41, 5.74) is 0.735. The van der Waals surface area contributed by atoms with Gasteiger partial charge in [0.2, 0.25) is 0 Å². The summed E-state index contributed by atoms with van der Waals surface area (Å²) in [5, 5.41) is 4.12. The first-order valence-corrected chi connectivity index (χ1v) is 16.3. The number of aromatic nitrogens is 3. The van der Waals surface area contributed by atoms with Crippen molar-refractivity contribution in [2.45, 2.75) is 0 Å². The molecule has 0 aliphatic rings. The van der Waals surface area contributed by atoms with E-state index >= 15 is 0 Å². The zero-order valence-corrected chi connectivity index (χ0v) is 26.0. The van der Waals surface area contributed by atoms with Gasteiger partial charge >= 0.3 is 288 Å². The zero-order valence-electron chi connectivity index (χ0n) is 38.3. The number of hydrogen-bond acceptors (Lipinski definition) is 3. The number of hydrogen-bond donors (Lipinski definition) is 0. The van der Waals surface area contributed by atoms with E-state index in [0.717, 1.165) is 41.2 Å². The molecule has 0 amide bonds. The Labute approximate surface area is 298 Å². The van der Waals surface area contributed by atoms with Gasteiger partial charge in [-0.05, 0) is 0 Å². The third kappa shape index (κ3) is 5.05. The molecule has 0 fully saturated rings. The van der Waals surface area contributed by atoms with Gasteiger partial charge in [0.15, 0.2) is 0 Å². The van der Waals surface area contributed by atoms with Crippen molar-refractivity contribution < 1.29 is 19.2 Å². The molecule has 0 N–H and O–H groups in total. The minimum absolute atomic E-state index is 0.0165. The third-order valence-electron chi connectivity index (χ3n) is 7.78. The van der Waals surface area contributed by atoms with E-state index in [9.17, 15) is 0 Å². The van der Waals surface area contributed by atoms with Gasteiger partial charge in [0, 0.05) is 0 Å². The summed E-state index contributed by atoms with van der Waals surface area (Å²) in [6.07, 6.45) is 0. The van der Waals surface area contributed by atoms with E-state index in [1.807, 2.05) is 36.4 Å². The summed E-state index contributed by atoms with van der Waals surface area (Å²) in [4.78, 5) is 13.9. The van der Waals surface area contributed by atoms with E-state index in [4.69, 9.17) is 29.2 Å². The fraction of sp³-hybridized carbons (Fsp3) is 0. The van der Waals surface area contributed by atoms with Gasteiger partial charge in [-0.2, -0.15) is 0 Å². The Morgan fingerprint density at radius 1 is 0.404 bits per heavy atom. The summed E-state index contributed by atoms with van der Waals surface area (Å²) < 4.78 is 122. The maximum atomic E-state index is 9.15. The Morgan fingerprint density at radius 2 is 0.936 bits per heavy atom. The third-order valence-corrected chi connectivity index (χ3v) is 10.5. The molecule has 4 heteroatoms. The first-order chi connectivity index (χ1) is 29.1. The number of benzene rings is 7. The Hall–Kier alpha value is -5.67. The number of fused-ring (bicyclic) bond motifs is 4. The quantitative estimate of drug-likeness (QED) is 0.170. The first-order valence-electron chi connectivity index (χ1n) is 21.6. The minimum atomic E-state index is -0.735. The van der Waals surface area contributed by atoms with Gasteiger partial charge in [-0.15, -0.1) is 0 Å². The molecule has 220 valence electrons. The van der Waals surface area contributed by atoms with Crippen LogP contribution in [0.5, 0.6) is 0 Å². The van der Waals surface area contributed by atoms with Crippen molar-refractivity contribution in [3.8, 4) is 56.4 Å². The van der Waals surface area contributed by atoms with Gasteiger partial charge in [-0.25, -0.2) is 0 Å². The average molecular weight is 679 g/mol. The van der Waals surface area contributed by atoms with Gasteiger partial charge in [0.25, 0.3) is 0 Å². The van der Waals surface area contributed by atoms with Gasteiger partial charge in [0.05, 0.1) is 4.11 Å². The summed E-state index contributed by atoms with van der Waals surface area (Å²) in [7, 11) is 0. The first kappa shape index (κ1) is 16.8. The topological polar surface area (TPSA) is 38.7 Å². The molecule has 0 radical (unpaired) electrons. The second-order valence-electron chi connectivity index (χ2n) is 10.6. The van der Waals surface area contributed by atoms with Crippen LogP contribution in [-0.4, -0.2) is 29.5 Å². The van der Waals surface area contributed by atoms with Crippen molar-refractivity contribution >= 4 is 44.6 Å². The molecule has 9 rings (SSSR count). The second kappa shape index (κ2) is 11.6. The molecule has 9 aromatic rings. The van der Waals surface area contributed by atoms with E-state index in [2.05, 4.69) is 41.4 Å². The van der Waals surface area contributed by atoms with Crippen molar-refractivity contribution in [2.24, 2.45) is 0 Å². The molecule has 3 nitrogen and oxygen atoms in total. The molecule has 0 aliphatic heterocycles. The summed E-state index contributed by atoms with van der Waals surface area (Å²) >= 11 is -0.345. The molecular weight excluding hydrogens is 637 g/mol. The van der Waals surface area contributed by atoms with Crippen molar-refractivity contribution in [3.05, 3.63) is 163 Å². The monoisotopic (exact) mass is 679 g/mol. The van der Waals surface area contributed by atoms with Crippen LogP contribution in [0.1, 0.15) is 19.2 Å². The number of rotatable bonds is 5. The molecule has 0 atom stereocenters. The van der Waals surface area contributed by atoms with Crippen LogP contribution < -0.4 is 0 Å². The van der Waals surface area contributed by atoms with Crippen LogP contribution in [0.4, 0.5) is 0 Å². The molecule has 0 saturated carbocycles. The summed E-state index contributed by atoms with van der Waals surface area (Å²) in [6, 6.07) is 16.5. The van der Waals surface area contributed by atoms with Crippen molar-refractivity contribution in [3.63, 3.8) is 0 Å². The second-order valence-corrected chi connectivity index (χ2v) is 12.7. The Balaban J connectivity index is 1.32. The number of nitrogens with zero attached hydrogens (tertiary/aromatic N) is 3. The Kier molecular flexibility index (Phi) is 4.14. The SMILES string of the molecule is [2H]c1c([2H])c([2H])c(-c2nc(-c3c([2H])c([2H])c(-c4c([2H])c([2H])c([2H])c([2H])c4[2H])c([2H])c3[2H])nc(-c3cccc4c3[se]c3c(-c5ccc6ccccc6c5)cccc34)n2)c([2H])c1[2H]. The fourth-order valence-corrected chi connectivity index (χ4v) is 8.41. The van der Waals surface area contributed by atoms with Crippen LogP contribution in [0, 0.1) is 0 Å². The molecule has 47 heavy (non-hydrogen) atoms. The van der Waals surface area contributed by atoms with Crippen LogP contribution in [0.3, 0.4) is 0 Å². The molecule has 0 aliphatic carbocycles. The molecule has 2 heterocycles. The van der Waals surface area contributed by atoms with E-state index in [1.54, 1.807) is 6.07 Å².